The molecule has 2 nitrogen and oxygen atoms in total. The highest BCUT2D eigenvalue weighted by Gasteiger charge is 2.51. The zero-order valence-electron chi connectivity index (χ0n) is 17.6. The molecule has 8 fully saturated rings. The Morgan fingerprint density at radius 2 is 1.04 bits per heavy atom. The van der Waals surface area contributed by atoms with Gasteiger partial charge < -0.3 is 9.90 Å². The van der Waals surface area contributed by atoms with Gasteiger partial charge in [-0.3, -0.25) is 0 Å². The number of carbonyl (C=O) groups excluding carboxylic acids is 1. The Kier molecular flexibility index (Phi) is 6.07. The number of hydrogen-bond acceptors (Lipinski definition) is 2. The second kappa shape index (κ2) is 8.06. The standard InChI is InChI=1S/C11H18O.C11H16O.C2H7P/c2*12-7-11-4-8-1-9(5-11)3-10(2-8)6-11;1-3-2/h8-10,12H,1-7H2;7-10H,1-6H2;3H,1-2H3. The maximum atomic E-state index is 11.1. The third-order valence-corrected chi connectivity index (χ3v) is 8.84. The molecule has 0 aromatic carbocycles. The SMILES string of the molecule is CPC.O=CC12CC3CC(CC(C3)C1)C2.OCC12CC3CC(CC(C3)C1)C2. The summed E-state index contributed by atoms with van der Waals surface area (Å²) >= 11 is 0. The molecular weight excluding hydrogens is 351 g/mol. The summed E-state index contributed by atoms with van der Waals surface area (Å²) in [4.78, 5) is 11.1. The first-order valence-electron chi connectivity index (χ1n) is 11.7. The van der Waals surface area contributed by atoms with E-state index in [2.05, 4.69) is 13.3 Å². The van der Waals surface area contributed by atoms with Gasteiger partial charge in [-0.05, 0) is 131 Å². The predicted molar refractivity (Wildman–Crippen MR) is 115 cm³/mol. The monoisotopic (exact) mass is 392 g/mol. The Balaban J connectivity index is 0.000000117. The molecule has 0 heterocycles. The summed E-state index contributed by atoms with van der Waals surface area (Å²) in [6.07, 6.45) is 17.8. The number of aliphatic hydroxyl groups is 1. The van der Waals surface area contributed by atoms with Crippen LogP contribution in [0.5, 0.6) is 0 Å². The quantitative estimate of drug-likeness (QED) is 0.496. The molecule has 0 aromatic heterocycles. The van der Waals surface area contributed by atoms with E-state index in [1.807, 2.05) is 0 Å². The molecule has 0 spiro atoms. The van der Waals surface area contributed by atoms with Crippen LogP contribution >= 0.6 is 8.58 Å². The van der Waals surface area contributed by atoms with Crippen LogP contribution in [0.2, 0.25) is 0 Å². The van der Waals surface area contributed by atoms with Gasteiger partial charge in [-0.15, -0.1) is 8.58 Å². The highest BCUT2D eigenvalue weighted by Crippen LogP contribution is 2.60. The summed E-state index contributed by atoms with van der Waals surface area (Å²) in [5, 5.41) is 9.43. The van der Waals surface area contributed by atoms with Crippen LogP contribution in [0.15, 0.2) is 0 Å². The topological polar surface area (TPSA) is 37.3 Å². The summed E-state index contributed by atoms with van der Waals surface area (Å²) in [7, 11) is 1.08. The predicted octanol–water partition coefficient (Wildman–Crippen LogP) is 5.52. The minimum Gasteiger partial charge on any atom is -0.396 e. The Labute approximate surface area is 168 Å². The van der Waals surface area contributed by atoms with E-state index >= 15 is 0 Å². The van der Waals surface area contributed by atoms with Crippen LogP contribution in [-0.2, 0) is 4.79 Å². The smallest absolute Gasteiger partial charge is 0.126 e. The lowest BCUT2D eigenvalue weighted by molar-refractivity contribution is -0.130. The van der Waals surface area contributed by atoms with E-state index in [-0.39, 0.29) is 5.41 Å². The van der Waals surface area contributed by atoms with E-state index < -0.39 is 0 Å². The molecule has 27 heavy (non-hydrogen) atoms. The molecule has 8 rings (SSSR count). The lowest BCUT2D eigenvalue weighted by atomic mass is 9.50. The van der Waals surface area contributed by atoms with Gasteiger partial charge in [0.15, 0.2) is 0 Å². The number of aliphatic hydroxyl groups excluding tert-OH is 1. The maximum Gasteiger partial charge on any atom is 0.126 e. The first-order chi connectivity index (χ1) is 13.0. The van der Waals surface area contributed by atoms with Gasteiger partial charge in [-0.2, -0.15) is 0 Å². The van der Waals surface area contributed by atoms with E-state index in [4.69, 9.17) is 0 Å². The average Bonchev–Trinajstić information content (AvgIpc) is 2.61. The van der Waals surface area contributed by atoms with Gasteiger partial charge in [-0.25, -0.2) is 0 Å². The van der Waals surface area contributed by atoms with Crippen molar-refractivity contribution in [3.63, 3.8) is 0 Å². The average molecular weight is 393 g/mol. The lowest BCUT2D eigenvalue weighted by Gasteiger charge is -2.56. The van der Waals surface area contributed by atoms with Gasteiger partial charge >= 0.3 is 0 Å². The van der Waals surface area contributed by atoms with Crippen molar-refractivity contribution >= 4 is 14.9 Å². The van der Waals surface area contributed by atoms with Gasteiger partial charge in [0.2, 0.25) is 0 Å². The maximum absolute atomic E-state index is 11.1. The van der Waals surface area contributed by atoms with E-state index in [1.165, 1.54) is 83.3 Å². The molecule has 8 aliphatic rings. The van der Waals surface area contributed by atoms with Crippen LogP contribution in [0.3, 0.4) is 0 Å². The van der Waals surface area contributed by atoms with Crippen molar-refractivity contribution in [1.29, 1.82) is 0 Å². The van der Waals surface area contributed by atoms with Gasteiger partial charge in [0.1, 0.15) is 6.29 Å². The van der Waals surface area contributed by atoms with Crippen LogP contribution in [0.25, 0.3) is 0 Å². The van der Waals surface area contributed by atoms with Crippen molar-refractivity contribution in [2.75, 3.05) is 19.9 Å². The zero-order valence-corrected chi connectivity index (χ0v) is 18.6. The van der Waals surface area contributed by atoms with E-state index in [0.29, 0.717) is 12.0 Å². The fraction of sp³-hybridized carbons (Fsp3) is 0.958. The molecule has 8 aliphatic carbocycles. The van der Waals surface area contributed by atoms with Gasteiger partial charge in [0.05, 0.1) is 0 Å². The summed E-state index contributed by atoms with van der Waals surface area (Å²) in [6.45, 7) is 4.77. The van der Waals surface area contributed by atoms with Gasteiger partial charge in [-0.1, -0.05) is 0 Å². The molecule has 1 N–H and O–H groups in total. The number of aldehydes is 1. The summed E-state index contributed by atoms with van der Waals surface area (Å²) in [5.41, 5.74) is 0.559. The minimum atomic E-state index is 0.161. The summed E-state index contributed by atoms with van der Waals surface area (Å²) in [5.74, 6) is 5.72. The Morgan fingerprint density at radius 3 is 1.30 bits per heavy atom. The van der Waals surface area contributed by atoms with Gasteiger partial charge in [0.25, 0.3) is 0 Å². The fourth-order valence-corrected chi connectivity index (χ4v) is 8.81. The van der Waals surface area contributed by atoms with Gasteiger partial charge in [0, 0.05) is 12.0 Å². The highest BCUT2D eigenvalue weighted by molar-refractivity contribution is 7.35. The van der Waals surface area contributed by atoms with Crippen molar-refractivity contribution in [1.82, 2.24) is 0 Å². The molecule has 0 saturated heterocycles. The Morgan fingerprint density at radius 1 is 0.741 bits per heavy atom. The number of hydrogen-bond donors (Lipinski definition) is 1. The molecule has 0 radical (unpaired) electrons. The fourth-order valence-electron chi connectivity index (χ4n) is 8.81. The van der Waals surface area contributed by atoms with Crippen LogP contribution in [-0.4, -0.2) is 31.3 Å². The molecule has 3 heteroatoms. The number of carbonyl (C=O) groups is 1. The second-order valence-electron chi connectivity index (χ2n) is 11.5. The van der Waals surface area contributed by atoms with E-state index in [1.54, 1.807) is 0 Å². The molecule has 0 amide bonds. The highest BCUT2D eigenvalue weighted by atomic mass is 31.1. The van der Waals surface area contributed by atoms with Crippen LogP contribution in [0.1, 0.15) is 77.0 Å². The third kappa shape index (κ3) is 4.18. The third-order valence-electron chi connectivity index (χ3n) is 8.84. The largest absolute Gasteiger partial charge is 0.396 e. The Bertz CT molecular complexity index is 458. The van der Waals surface area contributed by atoms with Crippen molar-refractivity contribution in [3.05, 3.63) is 0 Å². The number of rotatable bonds is 2. The molecule has 8 saturated carbocycles. The summed E-state index contributed by atoms with van der Waals surface area (Å²) in [6, 6.07) is 0. The van der Waals surface area contributed by atoms with Crippen molar-refractivity contribution in [2.45, 2.75) is 77.0 Å². The first kappa shape index (κ1) is 20.3. The van der Waals surface area contributed by atoms with Crippen molar-refractivity contribution in [2.24, 2.45) is 46.3 Å². The summed E-state index contributed by atoms with van der Waals surface area (Å²) < 4.78 is 0. The van der Waals surface area contributed by atoms with Crippen LogP contribution in [0.4, 0.5) is 0 Å². The lowest BCUT2D eigenvalue weighted by Crippen LogP contribution is -2.47. The zero-order chi connectivity index (χ0) is 19.1. The van der Waals surface area contributed by atoms with Crippen molar-refractivity contribution in [3.8, 4) is 0 Å². The molecule has 0 aromatic rings. The molecule has 154 valence electrons. The normalized spacial score (nSPS) is 50.5. The van der Waals surface area contributed by atoms with Crippen LogP contribution < -0.4 is 0 Å². The molecule has 0 aliphatic heterocycles. The molecule has 0 atom stereocenters. The molecule has 0 unspecified atom stereocenters. The molecular formula is C24H41O2P. The van der Waals surface area contributed by atoms with Crippen LogP contribution in [0, 0.1) is 46.3 Å². The van der Waals surface area contributed by atoms with E-state index in [9.17, 15) is 9.90 Å². The minimum absolute atomic E-state index is 0.161. The Hall–Kier alpha value is 0.0600. The van der Waals surface area contributed by atoms with E-state index in [0.717, 1.165) is 44.1 Å². The van der Waals surface area contributed by atoms with Crippen molar-refractivity contribution < 1.29 is 9.90 Å². The second-order valence-corrected chi connectivity index (χ2v) is 12.5. The first-order valence-corrected chi connectivity index (χ1v) is 13.7. The molecule has 8 bridgehead atoms.